The number of hydrogen-bond donors (Lipinski definition) is 2. The number of fused-ring (bicyclic) bond motifs is 1. The fraction of sp³-hybridized carbons (Fsp3) is 0.370. The van der Waals surface area contributed by atoms with Gasteiger partial charge in [0.15, 0.2) is 22.9 Å². The molecule has 1 atom stereocenters. The van der Waals surface area contributed by atoms with Crippen molar-refractivity contribution < 1.29 is 23.1 Å². The number of ether oxygens (including phenoxy) is 2. The number of nitrogens with one attached hydrogen (secondary N) is 2. The minimum Gasteiger partial charge on any atom is -0.493 e. The lowest BCUT2D eigenvalue weighted by atomic mass is 10.2. The maximum atomic E-state index is 13.9. The molecule has 0 aliphatic rings. The number of imidazole rings is 1. The first-order chi connectivity index (χ1) is 19.5. The van der Waals surface area contributed by atoms with Crippen LogP contribution in [0.5, 0.6) is 11.5 Å². The number of hydrogen-bond acceptors (Lipinski definition) is 10. The minimum atomic E-state index is -3.62. The lowest BCUT2D eigenvalue weighted by Gasteiger charge is -2.28. The second kappa shape index (κ2) is 14.7. The lowest BCUT2D eigenvalue weighted by molar-refractivity contribution is 0.214. The summed E-state index contributed by atoms with van der Waals surface area (Å²) in [6.45, 7) is 4.51. The van der Waals surface area contributed by atoms with Gasteiger partial charge < -0.3 is 28.8 Å². The van der Waals surface area contributed by atoms with Crippen molar-refractivity contribution in [3.8, 4) is 11.5 Å². The highest BCUT2D eigenvalue weighted by atomic mass is 35.5. The molecule has 0 aliphatic carbocycles. The molecule has 13 heteroatoms. The van der Waals surface area contributed by atoms with Crippen molar-refractivity contribution in [1.82, 2.24) is 19.9 Å². The molecule has 2 aromatic carbocycles. The van der Waals surface area contributed by atoms with Crippen molar-refractivity contribution in [1.29, 1.82) is 0 Å². The van der Waals surface area contributed by atoms with E-state index in [1.807, 2.05) is 24.3 Å². The molecule has 2 N–H and O–H groups in total. The Hall–Kier alpha value is -2.82. The van der Waals surface area contributed by atoms with Gasteiger partial charge in [-0.2, -0.15) is 0 Å². The molecule has 0 aliphatic heterocycles. The predicted molar refractivity (Wildman–Crippen MR) is 159 cm³/mol. The number of rotatable bonds is 16. The zero-order chi connectivity index (χ0) is 28.4. The topological polar surface area (TPSA) is 120 Å². The van der Waals surface area contributed by atoms with Crippen LogP contribution in [-0.2, 0) is 13.6 Å². The van der Waals surface area contributed by atoms with Crippen LogP contribution >= 0.6 is 31.0 Å². The Morgan fingerprint density at radius 1 is 1.02 bits per heavy atom. The number of nitrogens with zero attached hydrogens (tertiary/aromatic N) is 3. The first-order valence-electron chi connectivity index (χ1n) is 13.0. The summed E-state index contributed by atoms with van der Waals surface area (Å²) in [5.74, 6) is 1.20. The lowest BCUT2D eigenvalue weighted by Crippen LogP contribution is -2.15. The van der Waals surface area contributed by atoms with Crippen LogP contribution in [0.4, 0.5) is 5.69 Å². The van der Waals surface area contributed by atoms with E-state index in [9.17, 15) is 4.57 Å². The fourth-order valence-electron chi connectivity index (χ4n) is 3.98. The van der Waals surface area contributed by atoms with Gasteiger partial charge in [0.25, 0.3) is 0 Å². The molecule has 4 aromatic rings. The molecule has 214 valence electrons. The minimum absolute atomic E-state index is 0.231. The van der Waals surface area contributed by atoms with Crippen LogP contribution in [-0.4, -0.2) is 52.6 Å². The van der Waals surface area contributed by atoms with Gasteiger partial charge in [0.2, 0.25) is 0 Å². The van der Waals surface area contributed by atoms with E-state index in [1.54, 1.807) is 57.2 Å². The maximum Gasteiger partial charge on any atom is 0.357 e. The number of aromatic amines is 1. The largest absolute Gasteiger partial charge is 0.493 e. The average Bonchev–Trinajstić information content (AvgIpc) is 3.44. The highest BCUT2D eigenvalue weighted by Gasteiger charge is 2.37. The molecule has 40 heavy (non-hydrogen) atoms. The molecule has 0 radical (unpaired) electrons. The van der Waals surface area contributed by atoms with E-state index in [1.165, 1.54) is 6.33 Å². The van der Waals surface area contributed by atoms with Gasteiger partial charge in [0.05, 0.1) is 33.3 Å². The van der Waals surface area contributed by atoms with Crippen LogP contribution in [0.1, 0.15) is 38.0 Å². The van der Waals surface area contributed by atoms with E-state index in [-0.39, 0.29) is 13.2 Å². The van der Waals surface area contributed by atoms with E-state index >= 15 is 0 Å². The van der Waals surface area contributed by atoms with Crippen LogP contribution in [0.25, 0.3) is 11.2 Å². The molecule has 0 bridgehead atoms. The summed E-state index contributed by atoms with van der Waals surface area (Å²) >= 11 is 7.72. The quantitative estimate of drug-likeness (QED) is 0.0580. The zero-order valence-electron chi connectivity index (χ0n) is 22.6. The number of H-pyrrole nitrogens is 1. The molecule has 0 saturated heterocycles. The Bertz CT molecular complexity index is 1410. The van der Waals surface area contributed by atoms with Crippen molar-refractivity contribution in [2.24, 2.45) is 0 Å². The van der Waals surface area contributed by atoms with Crippen LogP contribution in [0.3, 0.4) is 0 Å². The van der Waals surface area contributed by atoms with Crippen LogP contribution < -0.4 is 14.8 Å². The molecule has 2 aromatic heterocycles. The highest BCUT2D eigenvalue weighted by molar-refractivity contribution is 7.99. The van der Waals surface area contributed by atoms with Gasteiger partial charge in [0.1, 0.15) is 16.9 Å². The summed E-state index contributed by atoms with van der Waals surface area (Å²) in [4.78, 5) is 15.8. The molecule has 1 unspecified atom stereocenters. The van der Waals surface area contributed by atoms with Gasteiger partial charge in [-0.3, -0.25) is 4.57 Å². The molecule has 0 saturated carbocycles. The zero-order valence-corrected chi connectivity index (χ0v) is 25.1. The summed E-state index contributed by atoms with van der Waals surface area (Å²) in [6.07, 6.45) is 4.88. The van der Waals surface area contributed by atoms with Crippen molar-refractivity contribution in [2.45, 2.75) is 37.5 Å². The van der Waals surface area contributed by atoms with Crippen LogP contribution in [0.2, 0.25) is 5.02 Å². The predicted octanol–water partition coefficient (Wildman–Crippen LogP) is 7.34. The van der Waals surface area contributed by atoms with E-state index in [2.05, 4.69) is 25.3 Å². The van der Waals surface area contributed by atoms with Gasteiger partial charge in [-0.05, 0) is 74.4 Å². The summed E-state index contributed by atoms with van der Waals surface area (Å²) < 4.78 is 37.1. The number of anilines is 1. The van der Waals surface area contributed by atoms with Crippen molar-refractivity contribution in [3.05, 3.63) is 65.7 Å². The molecule has 10 nitrogen and oxygen atoms in total. The maximum absolute atomic E-state index is 13.9. The van der Waals surface area contributed by atoms with E-state index < -0.39 is 13.4 Å². The summed E-state index contributed by atoms with van der Waals surface area (Å²) in [7, 11) is -2.03. The molecule has 0 amide bonds. The second-order valence-corrected chi connectivity index (χ2v) is 12.2. The third-order valence-electron chi connectivity index (χ3n) is 5.81. The van der Waals surface area contributed by atoms with Crippen molar-refractivity contribution in [2.75, 3.05) is 38.0 Å². The Morgan fingerprint density at radius 2 is 1.80 bits per heavy atom. The van der Waals surface area contributed by atoms with E-state index in [0.717, 1.165) is 34.8 Å². The van der Waals surface area contributed by atoms with Crippen molar-refractivity contribution in [3.63, 3.8) is 0 Å². The molecule has 2 heterocycles. The van der Waals surface area contributed by atoms with Gasteiger partial charge in [0, 0.05) is 10.7 Å². The standard InChI is InChI=1S/C27H33ClN5O5PS/c1-4-37-39(34,38-5-2)26(33-21-11-9-20(28)10-12-21)19-8-13-22(35-3)23(16-19)36-14-6-7-15-40-27-24-25(30-17-29-24)31-18-32-27/h8-13,16-18,26,33H,4-7,14-15H2,1-3H3,(H,29,30,31,32). The monoisotopic (exact) mass is 605 g/mol. The molecular weight excluding hydrogens is 573 g/mol. The summed E-state index contributed by atoms with van der Waals surface area (Å²) in [6, 6.07) is 12.6. The average molecular weight is 606 g/mol. The number of benzene rings is 2. The first kappa shape index (κ1) is 30.1. The Kier molecular flexibility index (Phi) is 11.1. The van der Waals surface area contributed by atoms with Gasteiger partial charge >= 0.3 is 7.60 Å². The number of unbranched alkanes of at least 4 members (excludes halogenated alkanes) is 1. The molecular formula is C27H33ClN5O5PS. The number of thioether (sulfide) groups is 1. The van der Waals surface area contributed by atoms with Gasteiger partial charge in [-0.1, -0.05) is 17.7 Å². The van der Waals surface area contributed by atoms with Crippen LogP contribution in [0.15, 0.2) is 60.1 Å². The fourth-order valence-corrected chi connectivity index (χ4v) is 6.99. The van der Waals surface area contributed by atoms with E-state index in [4.69, 9.17) is 30.1 Å². The molecule has 0 fully saturated rings. The number of halogens is 1. The first-order valence-corrected chi connectivity index (χ1v) is 15.9. The Morgan fingerprint density at radius 3 is 2.52 bits per heavy atom. The van der Waals surface area contributed by atoms with Gasteiger partial charge in [-0.25, -0.2) is 15.0 Å². The summed E-state index contributed by atoms with van der Waals surface area (Å²) in [5.41, 5.74) is 2.91. The van der Waals surface area contributed by atoms with E-state index in [0.29, 0.717) is 34.3 Å². The van der Waals surface area contributed by atoms with Crippen LogP contribution in [0, 0.1) is 0 Å². The SMILES string of the molecule is CCOP(=O)(OCC)C(Nc1ccc(Cl)cc1)c1ccc(OC)c(OCCCCSc2ncnc3nc[nH]c23)c1. The highest BCUT2D eigenvalue weighted by Crippen LogP contribution is 2.61. The third kappa shape index (κ3) is 7.67. The second-order valence-electron chi connectivity index (χ2n) is 8.52. The third-order valence-corrected chi connectivity index (χ3v) is 9.43. The Balaban J connectivity index is 1.45. The number of aromatic nitrogens is 4. The molecule has 4 rings (SSSR count). The number of methoxy groups -OCH3 is 1. The smallest absolute Gasteiger partial charge is 0.357 e. The van der Waals surface area contributed by atoms with Crippen molar-refractivity contribution >= 4 is 47.8 Å². The Labute approximate surface area is 243 Å². The summed E-state index contributed by atoms with van der Waals surface area (Å²) in [5, 5.41) is 4.80. The van der Waals surface area contributed by atoms with Gasteiger partial charge in [-0.15, -0.1) is 11.8 Å². The molecule has 0 spiro atoms. The normalized spacial score (nSPS) is 12.4.